The quantitative estimate of drug-likeness (QED) is 0.735. The Morgan fingerprint density at radius 2 is 2.13 bits per heavy atom. The lowest BCUT2D eigenvalue weighted by atomic mass is 10.1. The van der Waals surface area contributed by atoms with Crippen LogP contribution in [0.3, 0.4) is 0 Å². The van der Waals surface area contributed by atoms with Crippen LogP contribution in [-0.4, -0.2) is 32.4 Å². The van der Waals surface area contributed by atoms with E-state index in [1.165, 1.54) is 0 Å². The van der Waals surface area contributed by atoms with Gasteiger partial charge in [0.15, 0.2) is 5.65 Å². The molecule has 6 heteroatoms. The van der Waals surface area contributed by atoms with E-state index in [-0.39, 0.29) is 5.91 Å². The van der Waals surface area contributed by atoms with Crippen LogP contribution in [0, 0.1) is 6.92 Å². The summed E-state index contributed by atoms with van der Waals surface area (Å²) in [6.07, 6.45) is 3.73. The largest absolute Gasteiger partial charge is 0.352 e. The van der Waals surface area contributed by atoms with Gasteiger partial charge in [0.2, 0.25) is 0 Å². The van der Waals surface area contributed by atoms with Crippen molar-refractivity contribution in [1.29, 1.82) is 0 Å². The van der Waals surface area contributed by atoms with E-state index in [1.807, 2.05) is 37.3 Å². The molecule has 1 amide bonds. The van der Waals surface area contributed by atoms with E-state index < -0.39 is 0 Å². The van der Waals surface area contributed by atoms with Crippen molar-refractivity contribution in [1.82, 2.24) is 25.3 Å². The predicted molar refractivity (Wildman–Crippen MR) is 88.6 cm³/mol. The van der Waals surface area contributed by atoms with Crippen molar-refractivity contribution in [2.24, 2.45) is 0 Å². The van der Waals surface area contributed by atoms with Crippen LogP contribution in [-0.2, 0) is 0 Å². The van der Waals surface area contributed by atoms with E-state index in [1.54, 1.807) is 10.9 Å². The smallest absolute Gasteiger partial charge is 0.251 e. The van der Waals surface area contributed by atoms with Crippen LogP contribution >= 0.6 is 0 Å². The number of nitrogens with one attached hydrogen (secondary N) is 1. The Hall–Kier alpha value is -2.76. The highest BCUT2D eigenvalue weighted by molar-refractivity contribution is 5.96. The van der Waals surface area contributed by atoms with Crippen LogP contribution in [0.15, 0.2) is 36.5 Å². The molecule has 2 heterocycles. The first-order valence-electron chi connectivity index (χ1n) is 7.77. The highest BCUT2D eigenvalue weighted by atomic mass is 16.1. The highest BCUT2D eigenvalue weighted by Crippen LogP contribution is 2.20. The van der Waals surface area contributed by atoms with E-state index >= 15 is 0 Å². The fourth-order valence-electron chi connectivity index (χ4n) is 2.50. The molecule has 118 valence electrons. The number of rotatable bonds is 5. The number of fused-ring (bicyclic) bond motifs is 1. The van der Waals surface area contributed by atoms with Crippen LogP contribution in [0.1, 0.15) is 35.7 Å². The number of hydrogen-bond donors (Lipinski definition) is 1. The van der Waals surface area contributed by atoms with E-state index in [9.17, 15) is 4.79 Å². The van der Waals surface area contributed by atoms with Gasteiger partial charge in [-0.15, -0.1) is 5.10 Å². The molecule has 0 saturated heterocycles. The Kier molecular flexibility index (Phi) is 4.32. The second-order valence-electron chi connectivity index (χ2n) is 5.41. The normalized spacial score (nSPS) is 10.9. The zero-order valence-electron chi connectivity index (χ0n) is 13.3. The van der Waals surface area contributed by atoms with Crippen molar-refractivity contribution in [3.8, 4) is 5.69 Å². The molecule has 0 aliphatic heterocycles. The molecule has 1 aromatic carbocycles. The minimum Gasteiger partial charge on any atom is -0.352 e. The van der Waals surface area contributed by atoms with Gasteiger partial charge >= 0.3 is 0 Å². The third kappa shape index (κ3) is 2.92. The van der Waals surface area contributed by atoms with Gasteiger partial charge in [-0.05, 0) is 43.2 Å². The minimum absolute atomic E-state index is 0.0600. The number of carbonyl (C=O) groups excluding carboxylic acids is 1. The van der Waals surface area contributed by atoms with Crippen molar-refractivity contribution < 1.29 is 4.79 Å². The first-order valence-corrected chi connectivity index (χ1v) is 7.77. The molecule has 0 bridgehead atoms. The maximum Gasteiger partial charge on any atom is 0.251 e. The molecule has 0 fully saturated rings. The second-order valence-corrected chi connectivity index (χ2v) is 5.41. The van der Waals surface area contributed by atoms with Crippen molar-refractivity contribution in [2.45, 2.75) is 26.7 Å². The molecular weight excluding hydrogens is 290 g/mol. The lowest BCUT2D eigenvalue weighted by Crippen LogP contribution is -2.25. The van der Waals surface area contributed by atoms with E-state index in [2.05, 4.69) is 27.5 Å². The number of aromatic nitrogens is 4. The number of pyridine rings is 1. The summed E-state index contributed by atoms with van der Waals surface area (Å²) < 4.78 is 1.67. The molecule has 23 heavy (non-hydrogen) atoms. The molecule has 3 aromatic rings. The summed E-state index contributed by atoms with van der Waals surface area (Å²) in [5.74, 6) is -0.0600. The SMILES string of the molecule is CCCCNC(=O)c1cccc(-n2nnc3cccnc32)c1C. The number of nitrogens with zero attached hydrogens (tertiary/aromatic N) is 4. The van der Waals surface area contributed by atoms with Gasteiger partial charge in [-0.25, -0.2) is 4.98 Å². The Morgan fingerprint density at radius 1 is 1.26 bits per heavy atom. The van der Waals surface area contributed by atoms with E-state index in [4.69, 9.17) is 0 Å². The first-order chi connectivity index (χ1) is 11.2. The lowest BCUT2D eigenvalue weighted by Gasteiger charge is -2.11. The van der Waals surface area contributed by atoms with Gasteiger partial charge in [-0.2, -0.15) is 4.68 Å². The summed E-state index contributed by atoms with van der Waals surface area (Å²) >= 11 is 0. The predicted octanol–water partition coefficient (Wildman–Crippen LogP) is 2.65. The van der Waals surface area contributed by atoms with Gasteiger partial charge in [-0.1, -0.05) is 24.6 Å². The van der Waals surface area contributed by atoms with Gasteiger partial charge in [0.25, 0.3) is 5.91 Å². The monoisotopic (exact) mass is 309 g/mol. The van der Waals surface area contributed by atoms with Crippen LogP contribution in [0.25, 0.3) is 16.9 Å². The number of carbonyl (C=O) groups is 1. The average Bonchev–Trinajstić information content (AvgIpc) is 2.99. The van der Waals surface area contributed by atoms with Gasteiger partial charge in [0, 0.05) is 18.3 Å². The zero-order chi connectivity index (χ0) is 16.2. The first kappa shape index (κ1) is 15.1. The average molecular weight is 309 g/mol. The summed E-state index contributed by atoms with van der Waals surface area (Å²) in [6.45, 7) is 4.70. The lowest BCUT2D eigenvalue weighted by molar-refractivity contribution is 0.0952. The molecule has 6 nitrogen and oxygen atoms in total. The molecule has 0 aliphatic carbocycles. The topological polar surface area (TPSA) is 72.7 Å². The standard InChI is InChI=1S/C17H19N5O/c1-3-4-10-19-17(23)13-7-5-9-15(12(13)2)22-16-14(20-21-22)8-6-11-18-16/h5-9,11H,3-4,10H2,1-2H3,(H,19,23). The van der Waals surface area contributed by atoms with Crippen LogP contribution < -0.4 is 5.32 Å². The van der Waals surface area contributed by atoms with Crippen LogP contribution in [0.4, 0.5) is 0 Å². The minimum atomic E-state index is -0.0600. The molecule has 0 aliphatic rings. The van der Waals surface area contributed by atoms with Crippen molar-refractivity contribution in [2.75, 3.05) is 6.54 Å². The third-order valence-electron chi connectivity index (χ3n) is 3.80. The Bertz CT molecular complexity index is 840. The van der Waals surface area contributed by atoms with Crippen LogP contribution in [0.5, 0.6) is 0 Å². The molecule has 1 N–H and O–H groups in total. The van der Waals surface area contributed by atoms with Crippen molar-refractivity contribution in [3.63, 3.8) is 0 Å². The van der Waals surface area contributed by atoms with E-state index in [0.717, 1.165) is 29.6 Å². The molecule has 0 unspecified atom stereocenters. The zero-order valence-corrected chi connectivity index (χ0v) is 13.3. The van der Waals surface area contributed by atoms with Gasteiger partial charge in [-0.3, -0.25) is 4.79 Å². The molecular formula is C17H19N5O. The maximum absolute atomic E-state index is 12.4. The van der Waals surface area contributed by atoms with Crippen LogP contribution in [0.2, 0.25) is 0 Å². The second kappa shape index (κ2) is 6.56. The molecule has 0 saturated carbocycles. The van der Waals surface area contributed by atoms with Crippen molar-refractivity contribution >= 4 is 17.1 Å². The summed E-state index contributed by atoms with van der Waals surface area (Å²) in [6, 6.07) is 9.29. The summed E-state index contributed by atoms with van der Waals surface area (Å²) in [7, 11) is 0. The maximum atomic E-state index is 12.4. The number of unbranched alkanes of at least 4 members (excludes halogenated alkanes) is 1. The number of hydrogen-bond acceptors (Lipinski definition) is 4. The van der Waals surface area contributed by atoms with Crippen molar-refractivity contribution in [3.05, 3.63) is 47.7 Å². The summed E-state index contributed by atoms with van der Waals surface area (Å²) in [4.78, 5) is 16.7. The Morgan fingerprint density at radius 3 is 2.96 bits per heavy atom. The number of amides is 1. The molecule has 3 rings (SSSR count). The molecule has 0 atom stereocenters. The Balaban J connectivity index is 1.98. The Labute approximate surface area is 134 Å². The summed E-state index contributed by atoms with van der Waals surface area (Å²) in [5, 5.41) is 11.2. The fourth-order valence-corrected chi connectivity index (χ4v) is 2.50. The third-order valence-corrected chi connectivity index (χ3v) is 3.80. The van der Waals surface area contributed by atoms with E-state index in [0.29, 0.717) is 17.8 Å². The fraction of sp³-hybridized carbons (Fsp3) is 0.294. The molecule has 0 radical (unpaired) electrons. The molecule has 0 spiro atoms. The summed E-state index contributed by atoms with van der Waals surface area (Å²) in [5.41, 5.74) is 3.73. The molecule has 2 aromatic heterocycles. The van der Waals surface area contributed by atoms with Gasteiger partial charge in [0.05, 0.1) is 5.69 Å². The number of benzene rings is 1. The van der Waals surface area contributed by atoms with Gasteiger partial charge < -0.3 is 5.32 Å². The highest BCUT2D eigenvalue weighted by Gasteiger charge is 2.15. The van der Waals surface area contributed by atoms with Gasteiger partial charge in [0.1, 0.15) is 5.52 Å².